The molecule has 1 aromatic carbocycles. The maximum atomic E-state index is 11.9. The third-order valence-corrected chi connectivity index (χ3v) is 3.93. The molecule has 8 heteroatoms. The summed E-state index contributed by atoms with van der Waals surface area (Å²) < 4.78 is 25.8. The van der Waals surface area contributed by atoms with Crippen molar-refractivity contribution in [2.75, 3.05) is 12.3 Å². The number of halogens is 1. The van der Waals surface area contributed by atoms with E-state index < -0.39 is 16.1 Å². The molecular formula is C11H16ClN3O3S. The van der Waals surface area contributed by atoms with Gasteiger partial charge in [0.15, 0.2) is 0 Å². The Hall–Kier alpha value is -1.47. The molecule has 0 fully saturated rings. The zero-order valence-corrected chi connectivity index (χ0v) is 12.0. The third kappa shape index (κ3) is 4.60. The highest BCUT2D eigenvalue weighted by Gasteiger charge is 2.20. The molecule has 0 aliphatic rings. The zero-order chi connectivity index (χ0) is 14.5. The highest BCUT2D eigenvalue weighted by atomic mass is 35.5. The molecule has 1 rings (SSSR count). The zero-order valence-electron chi connectivity index (χ0n) is 10.4. The van der Waals surface area contributed by atoms with Gasteiger partial charge in [-0.05, 0) is 24.6 Å². The second kappa shape index (κ2) is 6.63. The van der Waals surface area contributed by atoms with Gasteiger partial charge in [0.2, 0.25) is 0 Å². The van der Waals surface area contributed by atoms with Crippen LogP contribution in [0.5, 0.6) is 0 Å². The molecule has 0 unspecified atom stereocenters. The molecule has 0 heterocycles. The molecule has 2 amide bonds. The largest absolute Gasteiger partial charge is 0.398 e. The van der Waals surface area contributed by atoms with Crippen LogP contribution >= 0.6 is 11.6 Å². The summed E-state index contributed by atoms with van der Waals surface area (Å²) in [5, 5.41) is 2.66. The summed E-state index contributed by atoms with van der Waals surface area (Å²) in [6, 6.07) is 3.25. The molecule has 0 aliphatic heterocycles. The first-order valence-corrected chi connectivity index (χ1v) is 7.58. The van der Waals surface area contributed by atoms with Crippen molar-refractivity contribution in [1.82, 2.24) is 10.0 Å². The third-order valence-electron chi connectivity index (χ3n) is 2.31. The Labute approximate surface area is 117 Å². The normalized spacial score (nSPS) is 11.1. The highest BCUT2D eigenvalue weighted by Crippen LogP contribution is 2.22. The summed E-state index contributed by atoms with van der Waals surface area (Å²) >= 11 is 5.71. The van der Waals surface area contributed by atoms with Crippen molar-refractivity contribution in [2.24, 2.45) is 0 Å². The van der Waals surface area contributed by atoms with Gasteiger partial charge in [-0.1, -0.05) is 24.9 Å². The number of anilines is 1. The molecule has 0 spiro atoms. The fourth-order valence-corrected chi connectivity index (χ4v) is 2.66. The number of rotatable bonds is 5. The number of hydrogen-bond acceptors (Lipinski definition) is 4. The Kier molecular flexibility index (Phi) is 5.44. The predicted molar refractivity (Wildman–Crippen MR) is 74.5 cm³/mol. The summed E-state index contributed by atoms with van der Waals surface area (Å²) in [4.78, 5) is 11.2. The van der Waals surface area contributed by atoms with Crippen LogP contribution in [0.1, 0.15) is 19.8 Å². The number of nitrogens with two attached hydrogens (primary N) is 1. The number of carbonyl (C=O) groups excluding carboxylic acids is 1. The van der Waals surface area contributed by atoms with Gasteiger partial charge in [0.25, 0.3) is 10.0 Å². The molecule has 0 aromatic heterocycles. The van der Waals surface area contributed by atoms with Crippen molar-refractivity contribution < 1.29 is 13.2 Å². The van der Waals surface area contributed by atoms with Crippen molar-refractivity contribution in [3.05, 3.63) is 23.2 Å². The first-order chi connectivity index (χ1) is 8.86. The van der Waals surface area contributed by atoms with Crippen LogP contribution in [-0.4, -0.2) is 21.0 Å². The van der Waals surface area contributed by atoms with E-state index in [2.05, 4.69) is 5.32 Å². The quantitative estimate of drug-likeness (QED) is 0.569. The molecule has 0 radical (unpaired) electrons. The lowest BCUT2D eigenvalue weighted by Crippen LogP contribution is -2.39. The van der Waals surface area contributed by atoms with Crippen LogP contribution in [0, 0.1) is 0 Å². The van der Waals surface area contributed by atoms with Crippen molar-refractivity contribution in [3.8, 4) is 0 Å². The van der Waals surface area contributed by atoms with E-state index in [1.165, 1.54) is 18.2 Å². The Balaban J connectivity index is 2.81. The average Bonchev–Trinajstić information content (AvgIpc) is 2.32. The number of unbranched alkanes of at least 4 members (excludes halogenated alkanes) is 1. The number of amides is 2. The maximum Gasteiger partial charge on any atom is 0.328 e. The van der Waals surface area contributed by atoms with E-state index in [1.807, 2.05) is 11.6 Å². The van der Waals surface area contributed by atoms with E-state index in [1.54, 1.807) is 0 Å². The maximum absolute atomic E-state index is 11.9. The van der Waals surface area contributed by atoms with Crippen LogP contribution in [0.15, 0.2) is 23.1 Å². The second-order valence-corrected chi connectivity index (χ2v) is 5.98. The summed E-state index contributed by atoms with van der Waals surface area (Å²) in [6.45, 7) is 2.37. The topological polar surface area (TPSA) is 101 Å². The minimum absolute atomic E-state index is 0.0262. The van der Waals surface area contributed by atoms with Crippen molar-refractivity contribution in [1.29, 1.82) is 0 Å². The molecule has 0 aliphatic carbocycles. The number of sulfonamides is 1. The lowest BCUT2D eigenvalue weighted by atomic mass is 10.3. The fraction of sp³-hybridized carbons (Fsp3) is 0.364. The smallest absolute Gasteiger partial charge is 0.328 e. The van der Waals surface area contributed by atoms with Gasteiger partial charge in [0.1, 0.15) is 4.90 Å². The van der Waals surface area contributed by atoms with Gasteiger partial charge in [-0.15, -0.1) is 0 Å². The number of nitrogen functional groups attached to an aromatic ring is 1. The lowest BCUT2D eigenvalue weighted by Gasteiger charge is -2.10. The first kappa shape index (κ1) is 15.6. The van der Waals surface area contributed by atoms with E-state index in [0.717, 1.165) is 12.8 Å². The van der Waals surface area contributed by atoms with E-state index in [-0.39, 0.29) is 15.6 Å². The number of nitrogens with one attached hydrogen (secondary N) is 2. The van der Waals surface area contributed by atoms with Crippen LogP contribution in [0.25, 0.3) is 0 Å². The van der Waals surface area contributed by atoms with Crippen molar-refractivity contribution in [3.63, 3.8) is 0 Å². The predicted octanol–water partition coefficient (Wildman–Crippen LogP) is 1.71. The van der Waals surface area contributed by atoms with Gasteiger partial charge in [-0.2, -0.15) is 0 Å². The van der Waals surface area contributed by atoms with Gasteiger partial charge in [0.05, 0.1) is 5.69 Å². The Morgan fingerprint density at radius 3 is 2.74 bits per heavy atom. The van der Waals surface area contributed by atoms with Crippen LogP contribution in [0.4, 0.5) is 10.5 Å². The molecular weight excluding hydrogens is 290 g/mol. The Bertz CT molecular complexity index is 560. The average molecular weight is 306 g/mol. The van der Waals surface area contributed by atoms with Gasteiger partial charge < -0.3 is 11.1 Å². The number of urea groups is 1. The van der Waals surface area contributed by atoms with Crippen LogP contribution in [-0.2, 0) is 10.0 Å². The van der Waals surface area contributed by atoms with Crippen molar-refractivity contribution in [2.45, 2.75) is 24.7 Å². The number of hydrogen-bond donors (Lipinski definition) is 3. The molecule has 0 atom stereocenters. The van der Waals surface area contributed by atoms with E-state index in [0.29, 0.717) is 6.54 Å². The second-order valence-electron chi connectivity index (χ2n) is 3.90. The van der Waals surface area contributed by atoms with Crippen LogP contribution in [0.3, 0.4) is 0 Å². The Morgan fingerprint density at radius 1 is 1.42 bits per heavy atom. The molecule has 1 aromatic rings. The first-order valence-electron chi connectivity index (χ1n) is 5.72. The van der Waals surface area contributed by atoms with E-state index in [4.69, 9.17) is 17.3 Å². The van der Waals surface area contributed by atoms with E-state index in [9.17, 15) is 13.2 Å². The fourth-order valence-electron chi connectivity index (χ4n) is 1.33. The number of carbonyl (C=O) groups is 1. The standard InChI is InChI=1S/C11H16ClN3O3S/c1-2-3-6-14-11(16)15-19(17,18)10-7-8(12)4-5-9(10)13/h4-5,7H,2-3,6,13H2,1H3,(H2,14,15,16). The monoisotopic (exact) mass is 305 g/mol. The van der Waals surface area contributed by atoms with Gasteiger partial charge in [-0.3, -0.25) is 0 Å². The highest BCUT2D eigenvalue weighted by molar-refractivity contribution is 7.90. The molecule has 106 valence electrons. The number of benzene rings is 1. The minimum atomic E-state index is -4.02. The summed E-state index contributed by atoms with van der Waals surface area (Å²) in [7, 11) is -4.02. The lowest BCUT2D eigenvalue weighted by molar-refractivity contribution is 0.245. The summed E-state index contributed by atoms with van der Waals surface area (Å²) in [5.41, 5.74) is 5.59. The SMILES string of the molecule is CCCCNC(=O)NS(=O)(=O)c1cc(Cl)ccc1N. The van der Waals surface area contributed by atoms with Gasteiger partial charge in [0, 0.05) is 11.6 Å². The molecule has 0 saturated carbocycles. The van der Waals surface area contributed by atoms with Crippen molar-refractivity contribution >= 4 is 33.3 Å². The minimum Gasteiger partial charge on any atom is -0.398 e. The molecule has 0 saturated heterocycles. The van der Waals surface area contributed by atoms with Gasteiger partial charge in [-0.25, -0.2) is 17.9 Å². The van der Waals surface area contributed by atoms with E-state index >= 15 is 0 Å². The molecule has 19 heavy (non-hydrogen) atoms. The molecule has 0 bridgehead atoms. The van der Waals surface area contributed by atoms with Crippen LogP contribution in [0.2, 0.25) is 5.02 Å². The van der Waals surface area contributed by atoms with Crippen LogP contribution < -0.4 is 15.8 Å². The molecule has 4 N–H and O–H groups in total. The molecule has 6 nitrogen and oxygen atoms in total. The van der Waals surface area contributed by atoms with Gasteiger partial charge >= 0.3 is 6.03 Å². The summed E-state index contributed by atoms with van der Waals surface area (Å²) in [5.74, 6) is 0. The Morgan fingerprint density at radius 2 is 2.11 bits per heavy atom. The summed E-state index contributed by atoms with van der Waals surface area (Å²) in [6.07, 6.45) is 1.67.